The van der Waals surface area contributed by atoms with Gasteiger partial charge in [0, 0.05) is 6.42 Å². The van der Waals surface area contributed by atoms with Gasteiger partial charge in [-0.05, 0) is 12.3 Å². The molecule has 3 heterocycles. The van der Waals surface area contributed by atoms with Crippen molar-refractivity contribution in [2.45, 2.75) is 50.7 Å². The largest absolute Gasteiger partial charge is 0.394 e. The minimum atomic E-state index is -1.23. The number of unbranched alkanes of at least 4 members (excludes halogenated alkanes) is 2. The van der Waals surface area contributed by atoms with Gasteiger partial charge in [0.1, 0.15) is 23.8 Å². The summed E-state index contributed by atoms with van der Waals surface area (Å²) < 4.78 is 6.98. The average Bonchev–Trinajstić information content (AvgIpc) is 3.14. The predicted octanol–water partition coefficient (Wildman–Crippen LogP) is 0.633. The minimum Gasteiger partial charge on any atom is -0.394 e. The van der Waals surface area contributed by atoms with Crippen LogP contribution in [0, 0.1) is 11.8 Å². The average molecular weight is 367 g/mol. The van der Waals surface area contributed by atoms with Gasteiger partial charge in [0.2, 0.25) is 5.82 Å². The van der Waals surface area contributed by atoms with Crippen LogP contribution in [0.15, 0.2) is 6.33 Å². The van der Waals surface area contributed by atoms with Crippen molar-refractivity contribution in [3.63, 3.8) is 0 Å². The molecule has 25 heavy (non-hydrogen) atoms. The van der Waals surface area contributed by atoms with Crippen molar-refractivity contribution in [3.05, 3.63) is 17.3 Å². The number of aliphatic hydroxyl groups excluding tert-OH is 3. The molecule has 1 saturated heterocycles. The molecule has 0 aromatic carbocycles. The third-order valence-electron chi connectivity index (χ3n) is 4.03. The fourth-order valence-electron chi connectivity index (χ4n) is 2.64. The number of fused-ring (bicyclic) bond motifs is 1. The third-order valence-corrected chi connectivity index (χ3v) is 4.29. The smallest absolute Gasteiger partial charge is 0.208 e. The molecule has 0 radical (unpaired) electrons. The molecule has 0 saturated carbocycles. The molecular weight excluding hydrogens is 348 g/mol. The van der Waals surface area contributed by atoms with Crippen LogP contribution in [0.3, 0.4) is 0 Å². The molecule has 4 atom stereocenters. The van der Waals surface area contributed by atoms with Crippen molar-refractivity contribution in [2.24, 2.45) is 0 Å². The molecule has 8 nitrogen and oxygen atoms in total. The molecule has 3 rings (SSSR count). The van der Waals surface area contributed by atoms with Gasteiger partial charge in [-0.15, -0.1) is 0 Å². The Kier molecular flexibility index (Phi) is 5.51. The molecule has 0 spiro atoms. The van der Waals surface area contributed by atoms with Crippen LogP contribution >= 0.6 is 11.6 Å². The van der Waals surface area contributed by atoms with Gasteiger partial charge in [0.05, 0.1) is 12.9 Å². The van der Waals surface area contributed by atoms with Crippen LogP contribution in [-0.4, -0.2) is 59.8 Å². The maximum absolute atomic E-state index is 10.2. The van der Waals surface area contributed by atoms with E-state index in [4.69, 9.17) is 16.3 Å². The maximum Gasteiger partial charge on any atom is 0.208 e. The Morgan fingerprint density at radius 2 is 2.12 bits per heavy atom. The first-order valence-electron chi connectivity index (χ1n) is 8.08. The van der Waals surface area contributed by atoms with Crippen LogP contribution in [0.2, 0.25) is 5.15 Å². The molecule has 3 N–H and O–H groups in total. The van der Waals surface area contributed by atoms with E-state index in [-0.39, 0.29) is 11.0 Å². The van der Waals surface area contributed by atoms with Crippen molar-refractivity contribution >= 4 is 22.8 Å². The Hall–Kier alpha value is -1.76. The van der Waals surface area contributed by atoms with Crippen LogP contribution in [0.5, 0.6) is 0 Å². The number of halogens is 1. The van der Waals surface area contributed by atoms with E-state index in [9.17, 15) is 15.3 Å². The molecule has 0 aliphatic carbocycles. The summed E-state index contributed by atoms with van der Waals surface area (Å²) in [6.07, 6.45) is -0.0900. The normalized spacial score (nSPS) is 26.0. The molecule has 1 aliphatic rings. The SMILES string of the molecule is CCCCC#Cc1nc(Cl)c2ncn([C@@H]3O[C@H](CO)[C@@H](O)[C@H]3O)c2n1. The van der Waals surface area contributed by atoms with Crippen molar-refractivity contribution in [1.29, 1.82) is 0 Å². The van der Waals surface area contributed by atoms with Gasteiger partial charge in [-0.2, -0.15) is 0 Å². The molecular formula is C16H19ClN4O4. The summed E-state index contributed by atoms with van der Waals surface area (Å²) in [4.78, 5) is 12.6. The lowest BCUT2D eigenvalue weighted by atomic mass is 10.1. The van der Waals surface area contributed by atoms with E-state index in [1.165, 1.54) is 10.9 Å². The van der Waals surface area contributed by atoms with Crippen LogP contribution in [0.25, 0.3) is 11.2 Å². The zero-order valence-corrected chi connectivity index (χ0v) is 14.4. The highest BCUT2D eigenvalue weighted by Gasteiger charge is 2.44. The summed E-state index contributed by atoms with van der Waals surface area (Å²) in [5.41, 5.74) is 0.688. The monoisotopic (exact) mass is 366 g/mol. The van der Waals surface area contributed by atoms with E-state index in [2.05, 4.69) is 33.7 Å². The number of nitrogens with zero attached hydrogens (tertiary/aromatic N) is 4. The summed E-state index contributed by atoms with van der Waals surface area (Å²) in [6.45, 7) is 1.67. The van der Waals surface area contributed by atoms with Crippen molar-refractivity contribution in [3.8, 4) is 11.8 Å². The van der Waals surface area contributed by atoms with E-state index in [1.807, 2.05) is 0 Å². The second-order valence-corrected chi connectivity index (χ2v) is 6.15. The van der Waals surface area contributed by atoms with Crippen LogP contribution in [0.1, 0.15) is 38.2 Å². The van der Waals surface area contributed by atoms with E-state index in [0.717, 1.165) is 19.3 Å². The van der Waals surface area contributed by atoms with Gasteiger partial charge in [0.25, 0.3) is 0 Å². The van der Waals surface area contributed by atoms with Crippen LogP contribution in [0.4, 0.5) is 0 Å². The van der Waals surface area contributed by atoms with E-state index in [1.54, 1.807) is 0 Å². The summed E-state index contributed by atoms with van der Waals surface area (Å²) in [5.74, 6) is 6.11. The highest BCUT2D eigenvalue weighted by molar-refractivity contribution is 6.33. The molecule has 1 fully saturated rings. The Morgan fingerprint density at radius 3 is 2.80 bits per heavy atom. The Labute approximate surface area is 149 Å². The highest BCUT2D eigenvalue weighted by Crippen LogP contribution is 2.32. The molecule has 2 aromatic heterocycles. The first-order valence-corrected chi connectivity index (χ1v) is 8.46. The first-order chi connectivity index (χ1) is 12.1. The second kappa shape index (κ2) is 7.64. The number of imidazole rings is 1. The minimum absolute atomic E-state index is 0.148. The zero-order chi connectivity index (χ0) is 18.0. The van der Waals surface area contributed by atoms with Gasteiger partial charge < -0.3 is 20.1 Å². The van der Waals surface area contributed by atoms with Crippen LogP contribution in [-0.2, 0) is 4.74 Å². The van der Waals surface area contributed by atoms with E-state index in [0.29, 0.717) is 11.2 Å². The van der Waals surface area contributed by atoms with Crippen molar-refractivity contribution in [2.75, 3.05) is 6.61 Å². The van der Waals surface area contributed by atoms with E-state index < -0.39 is 31.1 Å². The molecule has 2 aromatic rings. The lowest BCUT2D eigenvalue weighted by Crippen LogP contribution is -2.33. The predicted molar refractivity (Wildman–Crippen MR) is 89.7 cm³/mol. The molecule has 0 bridgehead atoms. The fraction of sp³-hybridized carbons (Fsp3) is 0.562. The number of hydrogen-bond donors (Lipinski definition) is 3. The quantitative estimate of drug-likeness (QED) is 0.413. The van der Waals surface area contributed by atoms with Crippen molar-refractivity contribution in [1.82, 2.24) is 19.5 Å². The number of rotatable bonds is 4. The maximum atomic E-state index is 10.2. The van der Waals surface area contributed by atoms with E-state index >= 15 is 0 Å². The third kappa shape index (κ3) is 3.47. The Morgan fingerprint density at radius 1 is 1.32 bits per heavy atom. The van der Waals surface area contributed by atoms with Crippen molar-refractivity contribution < 1.29 is 20.1 Å². The van der Waals surface area contributed by atoms with Gasteiger partial charge in [-0.25, -0.2) is 15.0 Å². The summed E-state index contributed by atoms with van der Waals surface area (Å²) >= 11 is 6.16. The Bertz CT molecular complexity index is 816. The number of aliphatic hydroxyl groups is 3. The lowest BCUT2D eigenvalue weighted by molar-refractivity contribution is -0.0511. The standard InChI is InChI=1S/C16H19ClN4O4/c1-2-3-4-5-6-10-19-14(17)11-15(20-10)21(8-18-11)16-13(24)12(23)9(7-22)25-16/h8-9,12-13,16,22-24H,2-4,7H2,1H3/t9-,12-,13-,16-/m1/s1. The topological polar surface area (TPSA) is 114 Å². The lowest BCUT2D eigenvalue weighted by Gasteiger charge is -2.16. The Balaban J connectivity index is 1.97. The fourth-order valence-corrected chi connectivity index (χ4v) is 2.85. The van der Waals surface area contributed by atoms with Gasteiger partial charge in [-0.1, -0.05) is 30.9 Å². The first kappa shape index (κ1) is 18.0. The number of ether oxygens (including phenoxy) is 1. The molecule has 9 heteroatoms. The molecule has 1 aliphatic heterocycles. The highest BCUT2D eigenvalue weighted by atomic mass is 35.5. The van der Waals surface area contributed by atoms with Crippen LogP contribution < -0.4 is 0 Å². The molecule has 0 amide bonds. The van der Waals surface area contributed by atoms with Gasteiger partial charge >= 0.3 is 0 Å². The summed E-state index contributed by atoms with van der Waals surface area (Å²) in [5, 5.41) is 29.5. The summed E-state index contributed by atoms with van der Waals surface area (Å²) in [7, 11) is 0. The van der Waals surface area contributed by atoms with Gasteiger partial charge in [-0.3, -0.25) is 4.57 Å². The summed E-state index contributed by atoms with van der Waals surface area (Å²) in [6, 6.07) is 0. The molecule has 134 valence electrons. The molecule has 0 unspecified atom stereocenters. The second-order valence-electron chi connectivity index (χ2n) is 5.80. The number of aromatic nitrogens is 4. The zero-order valence-electron chi connectivity index (χ0n) is 13.6. The number of hydrogen-bond acceptors (Lipinski definition) is 7. The van der Waals surface area contributed by atoms with Gasteiger partial charge in [0.15, 0.2) is 17.0 Å².